The van der Waals surface area contributed by atoms with E-state index in [0.717, 1.165) is 32.0 Å². The maximum absolute atomic E-state index is 12.0. The van der Waals surface area contributed by atoms with Crippen LogP contribution in [-0.2, 0) is 0 Å². The van der Waals surface area contributed by atoms with Gasteiger partial charge in [0.25, 0.3) is 0 Å². The number of piperidine rings is 1. The van der Waals surface area contributed by atoms with Crippen molar-refractivity contribution in [2.45, 2.75) is 70.5 Å². The highest BCUT2D eigenvalue weighted by Gasteiger charge is 2.27. The van der Waals surface area contributed by atoms with Crippen LogP contribution in [0.3, 0.4) is 0 Å². The van der Waals surface area contributed by atoms with Crippen LogP contribution in [0.5, 0.6) is 0 Å². The van der Waals surface area contributed by atoms with Gasteiger partial charge in [-0.25, -0.2) is 4.79 Å². The van der Waals surface area contributed by atoms with E-state index in [-0.39, 0.29) is 24.0 Å². The second-order valence-electron chi connectivity index (χ2n) is 6.75. The van der Waals surface area contributed by atoms with Gasteiger partial charge in [0.05, 0.1) is 6.04 Å². The predicted octanol–water partition coefficient (Wildman–Crippen LogP) is 2.35. The smallest absolute Gasteiger partial charge is 0.315 e. The van der Waals surface area contributed by atoms with Crippen LogP contribution in [0, 0.1) is 18.3 Å². The maximum Gasteiger partial charge on any atom is 0.315 e. The molecule has 21 heavy (non-hydrogen) atoms. The first-order chi connectivity index (χ1) is 10.1. The van der Waals surface area contributed by atoms with Crippen LogP contribution in [0.4, 0.5) is 4.79 Å². The third kappa shape index (κ3) is 4.64. The molecule has 1 saturated heterocycles. The van der Waals surface area contributed by atoms with E-state index in [1.807, 2.05) is 13.8 Å². The van der Waals surface area contributed by atoms with Gasteiger partial charge in [-0.15, -0.1) is 6.42 Å². The molecule has 0 spiro atoms. The van der Waals surface area contributed by atoms with Crippen molar-refractivity contribution in [3.05, 3.63) is 0 Å². The Balaban J connectivity index is 1.70. The molecule has 0 aromatic carbocycles. The molecule has 2 N–H and O–H groups in total. The van der Waals surface area contributed by atoms with Gasteiger partial charge in [0.1, 0.15) is 0 Å². The Morgan fingerprint density at radius 1 is 1.19 bits per heavy atom. The number of hydrogen-bond acceptors (Lipinski definition) is 2. The normalized spacial score (nSPS) is 23.0. The van der Waals surface area contributed by atoms with Crippen molar-refractivity contribution in [2.75, 3.05) is 13.1 Å². The van der Waals surface area contributed by atoms with Gasteiger partial charge < -0.3 is 15.5 Å². The third-order valence-electron chi connectivity index (χ3n) is 4.84. The Bertz CT molecular complexity index is 374. The van der Waals surface area contributed by atoms with Crippen molar-refractivity contribution in [1.29, 1.82) is 0 Å². The topological polar surface area (TPSA) is 44.4 Å². The standard InChI is InChI=1S/C17H29N3O/c1-4-16(13(2)3)19-17(21)18-14-9-11-20(12-10-14)15-7-5-6-8-15/h1,13-16H,5-12H2,2-3H3,(H2,18,19,21)/t16-/m1/s1. The summed E-state index contributed by atoms with van der Waals surface area (Å²) in [7, 11) is 0. The summed E-state index contributed by atoms with van der Waals surface area (Å²) in [6.07, 6.45) is 13.0. The number of amides is 2. The van der Waals surface area contributed by atoms with Crippen molar-refractivity contribution in [3.63, 3.8) is 0 Å². The van der Waals surface area contributed by atoms with Crippen molar-refractivity contribution in [3.8, 4) is 12.3 Å². The molecule has 0 aromatic rings. The van der Waals surface area contributed by atoms with Gasteiger partial charge in [0.2, 0.25) is 0 Å². The number of carbonyl (C=O) groups excluding carboxylic acids is 1. The second kappa shape index (κ2) is 7.70. The lowest BCUT2D eigenvalue weighted by atomic mass is 10.0. The summed E-state index contributed by atoms with van der Waals surface area (Å²) in [6, 6.07) is 0.773. The maximum atomic E-state index is 12.0. The van der Waals surface area contributed by atoms with E-state index in [1.54, 1.807) is 0 Å². The number of nitrogens with one attached hydrogen (secondary N) is 2. The minimum Gasteiger partial charge on any atom is -0.335 e. The second-order valence-corrected chi connectivity index (χ2v) is 6.75. The summed E-state index contributed by atoms with van der Waals surface area (Å²) in [5.41, 5.74) is 0. The summed E-state index contributed by atoms with van der Waals surface area (Å²) in [6.45, 7) is 6.26. The van der Waals surface area contributed by atoms with E-state index in [9.17, 15) is 4.79 Å². The predicted molar refractivity (Wildman–Crippen MR) is 86.0 cm³/mol. The molecular formula is C17H29N3O. The number of hydrogen-bond donors (Lipinski definition) is 2. The summed E-state index contributed by atoms with van der Waals surface area (Å²) in [4.78, 5) is 14.6. The Kier molecular flexibility index (Phi) is 5.93. The van der Waals surface area contributed by atoms with E-state index in [1.165, 1.54) is 25.7 Å². The van der Waals surface area contributed by atoms with Gasteiger partial charge in [-0.05, 0) is 31.6 Å². The number of rotatable bonds is 4. The Labute approximate surface area is 129 Å². The molecule has 2 amide bonds. The molecule has 1 heterocycles. The molecule has 0 radical (unpaired) electrons. The number of likely N-dealkylation sites (tertiary alicyclic amines) is 1. The molecule has 1 aliphatic carbocycles. The number of terminal acetylenes is 1. The van der Waals surface area contributed by atoms with Crippen LogP contribution >= 0.6 is 0 Å². The van der Waals surface area contributed by atoms with Gasteiger partial charge in [-0.2, -0.15) is 0 Å². The fraction of sp³-hybridized carbons (Fsp3) is 0.824. The van der Waals surface area contributed by atoms with Crippen LogP contribution in [0.2, 0.25) is 0 Å². The third-order valence-corrected chi connectivity index (χ3v) is 4.84. The molecule has 4 heteroatoms. The van der Waals surface area contributed by atoms with Gasteiger partial charge >= 0.3 is 6.03 Å². The fourth-order valence-corrected chi connectivity index (χ4v) is 3.45. The average Bonchev–Trinajstić information content (AvgIpc) is 2.99. The first-order valence-corrected chi connectivity index (χ1v) is 8.37. The number of carbonyl (C=O) groups is 1. The molecule has 0 unspecified atom stereocenters. The van der Waals surface area contributed by atoms with E-state index < -0.39 is 0 Å². The molecule has 1 atom stereocenters. The highest BCUT2D eigenvalue weighted by atomic mass is 16.2. The van der Waals surface area contributed by atoms with E-state index in [4.69, 9.17) is 6.42 Å². The molecule has 2 aliphatic rings. The minimum absolute atomic E-state index is 0.119. The quantitative estimate of drug-likeness (QED) is 0.781. The van der Waals surface area contributed by atoms with Crippen LogP contribution in [0.15, 0.2) is 0 Å². The van der Waals surface area contributed by atoms with Crippen LogP contribution in [-0.4, -0.2) is 42.1 Å². The van der Waals surface area contributed by atoms with E-state index >= 15 is 0 Å². The molecular weight excluding hydrogens is 262 g/mol. The lowest BCUT2D eigenvalue weighted by molar-refractivity contribution is 0.145. The summed E-state index contributed by atoms with van der Waals surface area (Å²) < 4.78 is 0. The highest BCUT2D eigenvalue weighted by Crippen LogP contribution is 2.26. The van der Waals surface area contributed by atoms with E-state index in [2.05, 4.69) is 21.5 Å². The van der Waals surface area contributed by atoms with Crippen molar-refractivity contribution in [2.24, 2.45) is 5.92 Å². The molecule has 2 rings (SSSR count). The summed E-state index contributed by atoms with van der Waals surface area (Å²) in [5.74, 6) is 2.89. The van der Waals surface area contributed by atoms with Gasteiger partial charge in [0, 0.05) is 25.2 Å². The summed E-state index contributed by atoms with van der Waals surface area (Å²) in [5, 5.41) is 5.96. The molecule has 118 valence electrons. The SMILES string of the molecule is C#C[C@@H](NC(=O)NC1CCN(C2CCCC2)CC1)C(C)C. The highest BCUT2D eigenvalue weighted by molar-refractivity contribution is 5.75. The molecule has 2 fully saturated rings. The Morgan fingerprint density at radius 2 is 1.81 bits per heavy atom. The average molecular weight is 291 g/mol. The van der Waals surface area contributed by atoms with Crippen LogP contribution < -0.4 is 10.6 Å². The molecule has 1 aliphatic heterocycles. The van der Waals surface area contributed by atoms with Gasteiger partial charge in [0.15, 0.2) is 0 Å². The molecule has 0 aromatic heterocycles. The zero-order chi connectivity index (χ0) is 15.2. The minimum atomic E-state index is -0.191. The van der Waals surface area contributed by atoms with Crippen LogP contribution in [0.1, 0.15) is 52.4 Å². The van der Waals surface area contributed by atoms with E-state index in [0.29, 0.717) is 0 Å². The summed E-state index contributed by atoms with van der Waals surface area (Å²) >= 11 is 0. The number of urea groups is 1. The number of nitrogens with zero attached hydrogens (tertiary/aromatic N) is 1. The lowest BCUT2D eigenvalue weighted by Crippen LogP contribution is -2.51. The Hall–Kier alpha value is -1.21. The fourth-order valence-electron chi connectivity index (χ4n) is 3.45. The van der Waals surface area contributed by atoms with Crippen molar-refractivity contribution >= 4 is 6.03 Å². The molecule has 0 bridgehead atoms. The Morgan fingerprint density at radius 3 is 2.33 bits per heavy atom. The molecule has 1 saturated carbocycles. The van der Waals surface area contributed by atoms with Crippen molar-refractivity contribution < 1.29 is 4.79 Å². The first kappa shape index (κ1) is 16.2. The van der Waals surface area contributed by atoms with Crippen LogP contribution in [0.25, 0.3) is 0 Å². The zero-order valence-electron chi connectivity index (χ0n) is 13.4. The first-order valence-electron chi connectivity index (χ1n) is 8.37. The monoisotopic (exact) mass is 291 g/mol. The van der Waals surface area contributed by atoms with Gasteiger partial charge in [-0.3, -0.25) is 0 Å². The van der Waals surface area contributed by atoms with Gasteiger partial charge in [-0.1, -0.05) is 32.6 Å². The zero-order valence-corrected chi connectivity index (χ0v) is 13.4. The largest absolute Gasteiger partial charge is 0.335 e. The lowest BCUT2D eigenvalue weighted by Gasteiger charge is -2.36. The van der Waals surface area contributed by atoms with Crippen molar-refractivity contribution in [1.82, 2.24) is 15.5 Å². The molecule has 4 nitrogen and oxygen atoms in total.